The number of aromatic nitrogens is 3. The van der Waals surface area contributed by atoms with Gasteiger partial charge in [-0.15, -0.1) is 11.3 Å². The molecule has 0 amide bonds. The van der Waals surface area contributed by atoms with Crippen molar-refractivity contribution in [2.45, 2.75) is 0 Å². The van der Waals surface area contributed by atoms with Gasteiger partial charge in [0.15, 0.2) is 0 Å². The first-order valence-corrected chi connectivity index (χ1v) is 32.3. The number of thiophene rings is 1. The fourth-order valence-corrected chi connectivity index (χ4v) is 16.0. The Labute approximate surface area is 534 Å². The Kier molecular flexibility index (Phi) is 11.8. The summed E-state index contributed by atoms with van der Waals surface area (Å²) < 4.78 is 9.89. The van der Waals surface area contributed by atoms with E-state index in [0.717, 1.165) is 78.9 Å². The number of fused-ring (bicyclic) bond motifs is 15. The van der Waals surface area contributed by atoms with E-state index >= 15 is 0 Å². The van der Waals surface area contributed by atoms with E-state index in [2.05, 4.69) is 357 Å². The van der Waals surface area contributed by atoms with Crippen LogP contribution in [0.3, 0.4) is 0 Å². The largest absolute Gasteiger partial charge is 0.310 e. The lowest BCUT2D eigenvalue weighted by molar-refractivity contribution is 1.18. The van der Waals surface area contributed by atoms with Crippen molar-refractivity contribution in [3.05, 3.63) is 334 Å². The maximum absolute atomic E-state index is 2.49. The molecular formula is C86H55N5S. The molecule has 0 aliphatic carbocycles. The number of benzene rings is 15. The van der Waals surface area contributed by atoms with Crippen LogP contribution in [0.5, 0.6) is 0 Å². The minimum Gasteiger partial charge on any atom is -0.310 e. The molecule has 0 bridgehead atoms. The van der Waals surface area contributed by atoms with E-state index in [1.54, 1.807) is 0 Å². The minimum absolute atomic E-state index is 1.02. The average Bonchev–Trinajstić information content (AvgIpc) is 1.56. The lowest BCUT2D eigenvalue weighted by atomic mass is 9.99. The van der Waals surface area contributed by atoms with Gasteiger partial charge in [-0.05, 0) is 178 Å². The fourth-order valence-electron chi connectivity index (χ4n) is 14.8. The summed E-state index contributed by atoms with van der Waals surface area (Å²) >= 11 is 1.89. The van der Waals surface area contributed by atoms with Crippen LogP contribution in [0.15, 0.2) is 334 Å². The number of rotatable bonds is 10. The average molecular weight is 1190 g/mol. The Hall–Kier alpha value is -12.0. The Balaban J connectivity index is 0.908. The highest BCUT2D eigenvalue weighted by Gasteiger charge is 2.25. The first-order chi connectivity index (χ1) is 45.6. The summed E-state index contributed by atoms with van der Waals surface area (Å²) in [6.07, 6.45) is 0. The van der Waals surface area contributed by atoms with Gasteiger partial charge in [-0.25, -0.2) is 0 Å². The normalized spacial score (nSPS) is 11.9. The van der Waals surface area contributed by atoms with Crippen LogP contribution < -0.4 is 9.80 Å². The predicted octanol–water partition coefficient (Wildman–Crippen LogP) is 24.3. The van der Waals surface area contributed by atoms with Crippen molar-refractivity contribution in [2.24, 2.45) is 0 Å². The molecule has 19 aromatic rings. The molecular weight excluding hydrogens is 1140 g/mol. The van der Waals surface area contributed by atoms with Crippen molar-refractivity contribution in [3.63, 3.8) is 0 Å². The van der Waals surface area contributed by atoms with Gasteiger partial charge in [-0.2, -0.15) is 0 Å². The quantitative estimate of drug-likeness (QED) is 0.136. The van der Waals surface area contributed by atoms with Gasteiger partial charge in [0.2, 0.25) is 0 Å². The molecule has 0 fully saturated rings. The third kappa shape index (κ3) is 8.24. The molecule has 0 unspecified atom stereocenters. The molecule has 19 rings (SSSR count). The van der Waals surface area contributed by atoms with Crippen LogP contribution in [-0.4, -0.2) is 13.7 Å². The summed E-state index contributed by atoms with van der Waals surface area (Å²) in [7, 11) is 0. The third-order valence-corrected chi connectivity index (χ3v) is 20.1. The molecule has 0 aliphatic rings. The van der Waals surface area contributed by atoms with E-state index < -0.39 is 0 Å². The van der Waals surface area contributed by atoms with Crippen molar-refractivity contribution in [1.29, 1.82) is 0 Å². The molecule has 4 aromatic heterocycles. The Bertz CT molecular complexity index is 5890. The van der Waals surface area contributed by atoms with Gasteiger partial charge in [0, 0.05) is 104 Å². The van der Waals surface area contributed by atoms with E-state index in [1.807, 2.05) is 11.3 Å². The summed E-state index contributed by atoms with van der Waals surface area (Å²) in [4.78, 5) is 4.97. The second-order valence-electron chi connectivity index (χ2n) is 24.1. The number of hydrogen-bond donors (Lipinski definition) is 0. The van der Waals surface area contributed by atoms with Gasteiger partial charge in [-0.1, -0.05) is 188 Å². The predicted molar refractivity (Wildman–Crippen MR) is 392 cm³/mol. The fraction of sp³-hybridized carbons (Fsp3) is 0. The van der Waals surface area contributed by atoms with E-state index in [0.29, 0.717) is 0 Å². The summed E-state index contributed by atoms with van der Waals surface area (Å²) in [6.45, 7) is 0. The minimum atomic E-state index is 1.02. The molecule has 0 atom stereocenters. The van der Waals surface area contributed by atoms with Gasteiger partial charge in [0.1, 0.15) is 0 Å². The molecule has 5 nitrogen and oxygen atoms in total. The van der Waals surface area contributed by atoms with Gasteiger partial charge < -0.3 is 23.5 Å². The van der Waals surface area contributed by atoms with E-state index in [4.69, 9.17) is 0 Å². The van der Waals surface area contributed by atoms with Crippen molar-refractivity contribution >= 4 is 153 Å². The zero-order chi connectivity index (χ0) is 60.4. The van der Waals surface area contributed by atoms with E-state index in [9.17, 15) is 0 Å². The van der Waals surface area contributed by atoms with Crippen molar-refractivity contribution in [3.8, 4) is 28.2 Å². The zero-order valence-electron chi connectivity index (χ0n) is 49.9. The Morgan fingerprint density at radius 1 is 0.217 bits per heavy atom. The molecule has 0 N–H and O–H groups in total. The van der Waals surface area contributed by atoms with E-state index in [1.165, 1.54) is 90.6 Å². The van der Waals surface area contributed by atoms with Crippen LogP contribution in [0, 0.1) is 0 Å². The second-order valence-corrected chi connectivity index (χ2v) is 25.1. The number of hydrogen-bond acceptors (Lipinski definition) is 3. The molecule has 6 heteroatoms. The van der Waals surface area contributed by atoms with Crippen LogP contribution in [0.4, 0.5) is 34.1 Å². The van der Waals surface area contributed by atoms with Crippen LogP contribution in [0.1, 0.15) is 0 Å². The molecule has 430 valence electrons. The van der Waals surface area contributed by atoms with Gasteiger partial charge in [0.25, 0.3) is 0 Å². The third-order valence-electron chi connectivity index (χ3n) is 18.9. The lowest BCUT2D eigenvalue weighted by Crippen LogP contribution is -2.14. The van der Waals surface area contributed by atoms with Crippen LogP contribution in [0.25, 0.3) is 135 Å². The van der Waals surface area contributed by atoms with Crippen LogP contribution in [-0.2, 0) is 0 Å². The number of para-hydroxylation sites is 5. The highest BCUT2D eigenvalue weighted by Crippen LogP contribution is 2.49. The van der Waals surface area contributed by atoms with Gasteiger partial charge in [-0.3, -0.25) is 0 Å². The lowest BCUT2D eigenvalue weighted by Gasteiger charge is -2.31. The molecule has 4 heterocycles. The first-order valence-electron chi connectivity index (χ1n) is 31.5. The molecule has 0 aliphatic heterocycles. The molecule has 0 saturated heterocycles. The Morgan fingerprint density at radius 3 is 1.17 bits per heavy atom. The monoisotopic (exact) mass is 1190 g/mol. The van der Waals surface area contributed by atoms with Crippen LogP contribution >= 0.6 is 11.3 Å². The van der Waals surface area contributed by atoms with Gasteiger partial charge >= 0.3 is 0 Å². The summed E-state index contributed by atoms with van der Waals surface area (Å²) in [6, 6.07) is 123. The molecule has 0 radical (unpaired) electrons. The zero-order valence-corrected chi connectivity index (χ0v) is 50.7. The smallest absolute Gasteiger partial charge is 0.0555 e. The first kappa shape index (κ1) is 52.0. The molecule has 15 aromatic carbocycles. The molecule has 92 heavy (non-hydrogen) atoms. The van der Waals surface area contributed by atoms with Crippen molar-refractivity contribution < 1.29 is 0 Å². The molecule has 0 spiro atoms. The van der Waals surface area contributed by atoms with Gasteiger partial charge in [0.05, 0.1) is 33.1 Å². The van der Waals surface area contributed by atoms with E-state index in [-0.39, 0.29) is 0 Å². The topological polar surface area (TPSA) is 21.3 Å². The summed E-state index contributed by atoms with van der Waals surface area (Å²) in [5.74, 6) is 0. The Morgan fingerprint density at radius 2 is 0.630 bits per heavy atom. The highest BCUT2D eigenvalue weighted by atomic mass is 32.1. The summed E-state index contributed by atoms with van der Waals surface area (Å²) in [5.41, 5.74) is 18.8. The number of anilines is 6. The molecule has 0 saturated carbocycles. The van der Waals surface area contributed by atoms with Crippen molar-refractivity contribution in [2.75, 3.05) is 9.80 Å². The highest BCUT2D eigenvalue weighted by molar-refractivity contribution is 7.26. The van der Waals surface area contributed by atoms with Crippen LogP contribution in [0.2, 0.25) is 0 Å². The second kappa shape index (κ2) is 20.8. The number of nitrogens with zero attached hydrogens (tertiary/aromatic N) is 5. The summed E-state index contributed by atoms with van der Waals surface area (Å²) in [5, 5.41) is 14.6. The standard InChI is InChI=1S/C86H55N5S/c1-4-24-62(25-5-1)89-78-33-17-14-30-71(78)76-54-67(41-45-80(76)89)87(65-39-36-56-20-10-12-22-58(56)48-65)69-50-61(60-38-43-75-83(52-60)91(64-28-8-3-9-29-64)82-47-44-74-73-32-16-19-35-84(73)92-86(74)85(75)82)51-70(53-69)88(66-40-37-57-21-11-13-23-59(57)49-66)68-42-46-81-77(55-68)72-31-15-18-34-79(72)90(81)63-26-6-2-7-27-63/h1-55H. The maximum atomic E-state index is 2.49. The van der Waals surface area contributed by atoms with Crippen molar-refractivity contribution in [1.82, 2.24) is 13.7 Å². The SMILES string of the molecule is c1ccc(-n2c3ccccc3c3cc(N(c4cc(-c5ccc6c7c8sc9ccccc9c8ccc7n(-c7ccccc7)c6c5)cc(N(c5ccc6ccccc6c5)c5ccc6c(c5)c5ccccc5n6-c5ccccc5)c4)c4ccc5ccccc5c4)ccc32)cc1. The maximum Gasteiger partial charge on any atom is 0.0555 e.